The molecule has 0 fully saturated rings. The Hall–Kier alpha value is -4.10. The second-order valence-electron chi connectivity index (χ2n) is 10.8. The molecule has 3 aromatic carbocycles. The highest BCUT2D eigenvalue weighted by Gasteiger charge is 2.26. The lowest BCUT2D eigenvalue weighted by Crippen LogP contribution is -2.34. The number of fused-ring (bicyclic) bond motifs is 1. The second kappa shape index (κ2) is 12.4. The van der Waals surface area contributed by atoms with E-state index in [1.807, 2.05) is 17.7 Å². The molecule has 2 aromatic heterocycles. The van der Waals surface area contributed by atoms with Crippen molar-refractivity contribution in [2.45, 2.75) is 66.1 Å². The Morgan fingerprint density at radius 3 is 2.48 bits per heavy atom. The molecular formula is C33H38N6O. The summed E-state index contributed by atoms with van der Waals surface area (Å²) in [5.41, 5.74) is 7.66. The smallest absolute Gasteiger partial charge is 0.252 e. The van der Waals surface area contributed by atoms with E-state index in [4.69, 9.17) is 0 Å². The van der Waals surface area contributed by atoms with E-state index < -0.39 is 0 Å². The monoisotopic (exact) mass is 534 g/mol. The van der Waals surface area contributed by atoms with Gasteiger partial charge in [0.1, 0.15) is 0 Å². The van der Waals surface area contributed by atoms with Crippen LogP contribution in [0.25, 0.3) is 10.9 Å². The van der Waals surface area contributed by atoms with Crippen LogP contribution in [-0.2, 0) is 25.9 Å². The number of aromatic amines is 1. The van der Waals surface area contributed by atoms with Crippen LogP contribution < -0.4 is 5.56 Å². The Labute approximate surface area is 235 Å². The van der Waals surface area contributed by atoms with Crippen LogP contribution in [0.4, 0.5) is 0 Å². The molecule has 0 radical (unpaired) electrons. The van der Waals surface area contributed by atoms with Gasteiger partial charge in [-0.1, -0.05) is 78.7 Å². The zero-order chi connectivity index (χ0) is 28.1. The van der Waals surface area contributed by atoms with E-state index in [0.717, 1.165) is 53.7 Å². The molecule has 0 saturated heterocycles. The molecule has 5 aromatic rings. The largest absolute Gasteiger partial charge is 0.321 e. The molecule has 206 valence electrons. The van der Waals surface area contributed by atoms with Crippen molar-refractivity contribution >= 4 is 10.9 Å². The summed E-state index contributed by atoms with van der Waals surface area (Å²) in [5.74, 6) is 0.839. The maximum atomic E-state index is 13.3. The average Bonchev–Trinajstić information content (AvgIpc) is 3.40. The first-order chi connectivity index (χ1) is 19.4. The first-order valence-corrected chi connectivity index (χ1v) is 14.1. The van der Waals surface area contributed by atoms with Crippen molar-refractivity contribution in [3.63, 3.8) is 0 Å². The number of nitrogens with one attached hydrogen (secondary N) is 1. The van der Waals surface area contributed by atoms with Crippen LogP contribution in [0.15, 0.2) is 77.6 Å². The van der Waals surface area contributed by atoms with Gasteiger partial charge in [-0.05, 0) is 84.7 Å². The molecule has 0 unspecified atom stereocenters. The third-order valence-electron chi connectivity index (χ3n) is 7.65. The average molecular weight is 535 g/mol. The van der Waals surface area contributed by atoms with Gasteiger partial charge in [0.15, 0.2) is 5.82 Å². The SMILES string of the molecule is CC[C@H](c1nnnn1CCc1ccccc1)N(CCc1cccc(C)c1)Cc1cc2cc(C)cc(C)c2[nH]c1=O. The zero-order valence-corrected chi connectivity index (χ0v) is 23.9. The summed E-state index contributed by atoms with van der Waals surface area (Å²) in [6.45, 7) is 10.4. The number of rotatable bonds is 11. The maximum Gasteiger partial charge on any atom is 0.252 e. The highest BCUT2D eigenvalue weighted by molar-refractivity contribution is 5.82. The predicted octanol–water partition coefficient (Wildman–Crippen LogP) is 5.88. The van der Waals surface area contributed by atoms with Crippen LogP contribution in [-0.4, -0.2) is 36.6 Å². The molecule has 0 saturated carbocycles. The van der Waals surface area contributed by atoms with Gasteiger partial charge in [0, 0.05) is 25.2 Å². The minimum absolute atomic E-state index is 0.0371. The van der Waals surface area contributed by atoms with Gasteiger partial charge in [-0.15, -0.1) is 5.10 Å². The molecule has 40 heavy (non-hydrogen) atoms. The number of aromatic nitrogens is 5. The normalized spacial score (nSPS) is 12.3. The molecule has 7 nitrogen and oxygen atoms in total. The Morgan fingerprint density at radius 1 is 0.900 bits per heavy atom. The van der Waals surface area contributed by atoms with Crippen molar-refractivity contribution in [3.8, 4) is 0 Å². The molecule has 0 aliphatic heterocycles. The van der Waals surface area contributed by atoms with Gasteiger partial charge in [-0.3, -0.25) is 9.69 Å². The number of benzene rings is 3. The first kappa shape index (κ1) is 27.5. The molecule has 5 rings (SSSR count). The summed E-state index contributed by atoms with van der Waals surface area (Å²) in [4.78, 5) is 18.8. The van der Waals surface area contributed by atoms with Crippen LogP contribution in [0.5, 0.6) is 0 Å². The molecule has 7 heteroatoms. The molecule has 0 bridgehead atoms. The van der Waals surface area contributed by atoms with E-state index in [2.05, 4.69) is 113 Å². The molecule has 0 spiro atoms. The molecular weight excluding hydrogens is 496 g/mol. The fourth-order valence-electron chi connectivity index (χ4n) is 5.65. The van der Waals surface area contributed by atoms with Gasteiger partial charge in [0.05, 0.1) is 11.6 Å². The van der Waals surface area contributed by atoms with Crippen molar-refractivity contribution in [1.29, 1.82) is 0 Å². The van der Waals surface area contributed by atoms with Crippen LogP contribution in [0.3, 0.4) is 0 Å². The molecule has 0 amide bonds. The summed E-state index contributed by atoms with van der Waals surface area (Å²) < 4.78 is 1.93. The minimum Gasteiger partial charge on any atom is -0.321 e. The van der Waals surface area contributed by atoms with Gasteiger partial charge in [0.25, 0.3) is 5.56 Å². The van der Waals surface area contributed by atoms with Gasteiger partial charge in [-0.2, -0.15) is 0 Å². The van der Waals surface area contributed by atoms with E-state index >= 15 is 0 Å². The number of pyridine rings is 1. The second-order valence-corrected chi connectivity index (χ2v) is 10.8. The Bertz CT molecular complexity index is 1640. The molecule has 1 N–H and O–H groups in total. The first-order valence-electron chi connectivity index (χ1n) is 14.1. The van der Waals surface area contributed by atoms with Gasteiger partial charge in [0.2, 0.25) is 0 Å². The highest BCUT2D eigenvalue weighted by Crippen LogP contribution is 2.26. The highest BCUT2D eigenvalue weighted by atomic mass is 16.1. The fourth-order valence-corrected chi connectivity index (χ4v) is 5.65. The summed E-state index contributed by atoms with van der Waals surface area (Å²) in [5, 5.41) is 14.0. The van der Waals surface area contributed by atoms with Crippen molar-refractivity contribution in [2.24, 2.45) is 0 Å². The molecule has 2 heterocycles. The number of hydrogen-bond donors (Lipinski definition) is 1. The van der Waals surface area contributed by atoms with Gasteiger partial charge in [-0.25, -0.2) is 4.68 Å². The standard InChI is InChI=1S/C33H38N6O/c1-5-30(32-35-36-37-39(32)17-15-26-11-7-6-8-12-26)38(16-14-27-13-9-10-23(2)19-27)22-29-21-28-20-24(3)18-25(4)31(28)34-33(29)40/h6-13,18-21,30H,5,14-17,22H2,1-4H3,(H,34,40)/t30-/m1/s1. The number of nitrogens with zero attached hydrogens (tertiary/aromatic N) is 5. The van der Waals surface area contributed by atoms with Gasteiger partial charge >= 0.3 is 0 Å². The predicted molar refractivity (Wildman–Crippen MR) is 160 cm³/mol. The third kappa shape index (κ3) is 6.37. The van der Waals surface area contributed by atoms with Gasteiger partial charge < -0.3 is 4.98 Å². The van der Waals surface area contributed by atoms with Crippen molar-refractivity contribution in [3.05, 3.63) is 122 Å². The quantitative estimate of drug-likeness (QED) is 0.229. The number of tetrazole rings is 1. The van der Waals surface area contributed by atoms with Crippen LogP contribution in [0.1, 0.15) is 58.6 Å². The topological polar surface area (TPSA) is 79.7 Å². The van der Waals surface area contributed by atoms with E-state index in [1.165, 1.54) is 22.3 Å². The lowest BCUT2D eigenvalue weighted by atomic mass is 10.0. The number of hydrogen-bond acceptors (Lipinski definition) is 5. The van der Waals surface area contributed by atoms with E-state index in [-0.39, 0.29) is 11.6 Å². The van der Waals surface area contributed by atoms with Crippen LogP contribution >= 0.6 is 0 Å². The summed E-state index contributed by atoms with van der Waals surface area (Å²) in [7, 11) is 0. The molecule has 0 aliphatic rings. The minimum atomic E-state index is -0.0430. The van der Waals surface area contributed by atoms with E-state index in [9.17, 15) is 4.79 Å². The number of H-pyrrole nitrogens is 1. The molecule has 1 atom stereocenters. The van der Waals surface area contributed by atoms with E-state index in [0.29, 0.717) is 13.1 Å². The lowest BCUT2D eigenvalue weighted by Gasteiger charge is -2.30. The van der Waals surface area contributed by atoms with Crippen LogP contribution in [0, 0.1) is 20.8 Å². The van der Waals surface area contributed by atoms with Crippen molar-refractivity contribution in [1.82, 2.24) is 30.1 Å². The zero-order valence-electron chi connectivity index (χ0n) is 23.9. The Balaban J connectivity index is 1.47. The van der Waals surface area contributed by atoms with Crippen molar-refractivity contribution < 1.29 is 0 Å². The maximum absolute atomic E-state index is 13.3. The Morgan fingerprint density at radius 2 is 1.70 bits per heavy atom. The summed E-state index contributed by atoms with van der Waals surface area (Å²) >= 11 is 0. The molecule has 0 aliphatic carbocycles. The van der Waals surface area contributed by atoms with Crippen molar-refractivity contribution in [2.75, 3.05) is 6.54 Å². The fraction of sp³-hybridized carbons (Fsp3) is 0.333. The Kier molecular flexibility index (Phi) is 8.51. The summed E-state index contributed by atoms with van der Waals surface area (Å²) in [6, 6.07) is 25.3. The number of aryl methyl sites for hydroxylation is 5. The third-order valence-corrected chi connectivity index (χ3v) is 7.65. The van der Waals surface area contributed by atoms with Crippen LogP contribution in [0.2, 0.25) is 0 Å². The van der Waals surface area contributed by atoms with E-state index in [1.54, 1.807) is 0 Å². The lowest BCUT2D eigenvalue weighted by molar-refractivity contribution is 0.171. The summed E-state index contributed by atoms with van der Waals surface area (Å²) in [6.07, 6.45) is 2.54.